The highest BCUT2D eigenvalue weighted by Gasteiger charge is 1.96. The maximum Gasteiger partial charge on any atom is 0.330 e. The summed E-state index contributed by atoms with van der Waals surface area (Å²) in [4.78, 5) is 14.7. The van der Waals surface area contributed by atoms with E-state index in [4.69, 9.17) is 11.6 Å². The highest BCUT2D eigenvalue weighted by Crippen LogP contribution is 2.13. The van der Waals surface area contributed by atoms with E-state index in [2.05, 4.69) is 9.72 Å². The second kappa shape index (κ2) is 4.62. The normalized spacial score (nSPS) is 10.3. The van der Waals surface area contributed by atoms with Crippen molar-refractivity contribution in [3.8, 4) is 0 Å². The number of rotatable bonds is 2. The second-order valence-corrected chi connectivity index (χ2v) is 2.63. The van der Waals surface area contributed by atoms with Crippen LogP contribution < -0.4 is 0 Å². The van der Waals surface area contributed by atoms with Crippen molar-refractivity contribution in [1.82, 2.24) is 4.98 Å². The van der Waals surface area contributed by atoms with E-state index in [1.165, 1.54) is 19.3 Å². The molecule has 0 spiro atoms. The maximum atomic E-state index is 10.7. The molecule has 0 saturated heterocycles. The fourth-order valence-corrected chi connectivity index (χ4v) is 0.920. The van der Waals surface area contributed by atoms with Crippen LogP contribution in [0.25, 0.3) is 6.08 Å². The molecule has 0 amide bonds. The van der Waals surface area contributed by atoms with E-state index in [1.54, 1.807) is 18.3 Å². The van der Waals surface area contributed by atoms with Crippen LogP contribution in [0, 0.1) is 0 Å². The molecule has 0 unspecified atom stereocenters. The van der Waals surface area contributed by atoms with Crippen LogP contribution in [-0.4, -0.2) is 18.1 Å². The number of hydrogen-bond acceptors (Lipinski definition) is 3. The van der Waals surface area contributed by atoms with Gasteiger partial charge in [0.15, 0.2) is 0 Å². The summed E-state index contributed by atoms with van der Waals surface area (Å²) >= 11 is 5.79. The maximum absolute atomic E-state index is 10.7. The number of carbonyl (C=O) groups excluding carboxylic acids is 1. The Morgan fingerprint density at radius 3 is 3.08 bits per heavy atom. The Morgan fingerprint density at radius 2 is 2.46 bits per heavy atom. The molecule has 1 heterocycles. The average Bonchev–Trinajstić information content (AvgIpc) is 2.16. The third-order valence-corrected chi connectivity index (χ3v) is 1.69. The lowest BCUT2D eigenvalue weighted by Gasteiger charge is -1.94. The lowest BCUT2D eigenvalue weighted by atomic mass is 10.3. The van der Waals surface area contributed by atoms with E-state index in [0.717, 1.165) is 0 Å². The second-order valence-electron chi connectivity index (χ2n) is 2.23. The lowest BCUT2D eigenvalue weighted by molar-refractivity contribution is -0.134. The zero-order valence-electron chi connectivity index (χ0n) is 7.03. The van der Waals surface area contributed by atoms with E-state index >= 15 is 0 Å². The van der Waals surface area contributed by atoms with Gasteiger partial charge in [-0.3, -0.25) is 4.98 Å². The van der Waals surface area contributed by atoms with Crippen LogP contribution in [0.1, 0.15) is 5.69 Å². The molecule has 0 aliphatic rings. The smallest absolute Gasteiger partial charge is 0.330 e. The molecule has 13 heavy (non-hydrogen) atoms. The van der Waals surface area contributed by atoms with Crippen LogP contribution in [0.2, 0.25) is 5.02 Å². The molecular formula is C9H8ClNO2. The minimum atomic E-state index is -0.429. The summed E-state index contributed by atoms with van der Waals surface area (Å²) in [7, 11) is 1.31. The number of pyridine rings is 1. The summed E-state index contributed by atoms with van der Waals surface area (Å²) in [5.41, 5.74) is 0.551. The first-order valence-corrected chi connectivity index (χ1v) is 3.98. The van der Waals surface area contributed by atoms with E-state index in [-0.39, 0.29) is 0 Å². The van der Waals surface area contributed by atoms with Gasteiger partial charge in [0.2, 0.25) is 0 Å². The van der Waals surface area contributed by atoms with E-state index < -0.39 is 5.97 Å². The fourth-order valence-electron chi connectivity index (χ4n) is 0.736. The molecule has 1 aromatic heterocycles. The molecule has 0 aliphatic carbocycles. The van der Waals surface area contributed by atoms with Crippen molar-refractivity contribution < 1.29 is 9.53 Å². The third kappa shape index (κ3) is 2.87. The number of aromatic nitrogens is 1. The molecule has 68 valence electrons. The molecule has 4 heteroatoms. The average molecular weight is 198 g/mol. The fraction of sp³-hybridized carbons (Fsp3) is 0.111. The Balaban J connectivity index is 2.80. The van der Waals surface area contributed by atoms with Crippen LogP contribution in [0.4, 0.5) is 0 Å². The predicted molar refractivity (Wildman–Crippen MR) is 50.3 cm³/mol. The van der Waals surface area contributed by atoms with Crippen LogP contribution >= 0.6 is 11.6 Å². The Kier molecular flexibility index (Phi) is 3.46. The zero-order chi connectivity index (χ0) is 9.68. The number of carbonyl (C=O) groups is 1. The number of ether oxygens (including phenoxy) is 1. The molecule has 0 atom stereocenters. The Bertz CT molecular complexity index is 336. The predicted octanol–water partition coefficient (Wildman–Crippen LogP) is 1.92. The molecule has 1 rings (SSSR count). The van der Waals surface area contributed by atoms with Gasteiger partial charge < -0.3 is 4.74 Å². The molecule has 0 radical (unpaired) electrons. The van der Waals surface area contributed by atoms with Crippen LogP contribution in [0.3, 0.4) is 0 Å². The van der Waals surface area contributed by atoms with Crippen LogP contribution in [0.15, 0.2) is 24.4 Å². The number of esters is 1. The molecule has 0 N–H and O–H groups in total. The summed E-state index contributed by atoms with van der Waals surface area (Å²) in [6, 6.07) is 3.42. The number of halogens is 1. The van der Waals surface area contributed by atoms with Crippen LogP contribution in [0.5, 0.6) is 0 Å². The van der Waals surface area contributed by atoms with E-state index in [0.29, 0.717) is 10.7 Å². The molecule has 1 aromatic rings. The monoisotopic (exact) mass is 197 g/mol. The van der Waals surface area contributed by atoms with Gasteiger partial charge >= 0.3 is 5.97 Å². The van der Waals surface area contributed by atoms with Gasteiger partial charge in [-0.15, -0.1) is 0 Å². The van der Waals surface area contributed by atoms with Crippen LogP contribution in [-0.2, 0) is 9.53 Å². The summed E-state index contributed by atoms with van der Waals surface area (Å²) in [5, 5.41) is 0.502. The van der Waals surface area contributed by atoms with Crippen molar-refractivity contribution in [1.29, 1.82) is 0 Å². The molecule has 0 bridgehead atoms. The van der Waals surface area contributed by atoms with Crippen molar-refractivity contribution in [2.24, 2.45) is 0 Å². The van der Waals surface area contributed by atoms with Gasteiger partial charge in [-0.05, 0) is 18.2 Å². The Morgan fingerprint density at radius 1 is 1.69 bits per heavy atom. The number of nitrogens with zero attached hydrogens (tertiary/aromatic N) is 1. The molecule has 3 nitrogen and oxygen atoms in total. The van der Waals surface area contributed by atoms with E-state index in [9.17, 15) is 4.79 Å². The molecule has 0 aromatic carbocycles. The summed E-state index contributed by atoms with van der Waals surface area (Å²) < 4.78 is 4.42. The summed E-state index contributed by atoms with van der Waals surface area (Å²) in [6.45, 7) is 0. The highest BCUT2D eigenvalue weighted by atomic mass is 35.5. The molecule has 0 fully saturated rings. The van der Waals surface area contributed by atoms with Gasteiger partial charge in [0.25, 0.3) is 0 Å². The minimum Gasteiger partial charge on any atom is -0.466 e. The first-order chi connectivity index (χ1) is 6.24. The van der Waals surface area contributed by atoms with Crippen molar-refractivity contribution in [2.75, 3.05) is 7.11 Å². The SMILES string of the molecule is COC(=O)C=Cc1ncccc1Cl. The number of methoxy groups -OCH3 is 1. The standard InChI is InChI=1S/C9H8ClNO2/c1-13-9(12)5-4-8-7(10)3-2-6-11-8/h2-6H,1H3. The Hall–Kier alpha value is -1.35. The molecule has 0 saturated carbocycles. The topological polar surface area (TPSA) is 39.2 Å². The Labute approximate surface area is 81.0 Å². The van der Waals surface area contributed by atoms with Crippen molar-refractivity contribution in [3.05, 3.63) is 35.1 Å². The van der Waals surface area contributed by atoms with Gasteiger partial charge in [0.05, 0.1) is 17.8 Å². The molecule has 0 aliphatic heterocycles. The lowest BCUT2D eigenvalue weighted by Crippen LogP contribution is -1.93. The van der Waals surface area contributed by atoms with Gasteiger partial charge in [-0.1, -0.05) is 11.6 Å². The van der Waals surface area contributed by atoms with Crippen molar-refractivity contribution in [2.45, 2.75) is 0 Å². The van der Waals surface area contributed by atoms with Gasteiger partial charge in [0.1, 0.15) is 0 Å². The minimum absolute atomic E-state index is 0.429. The van der Waals surface area contributed by atoms with Gasteiger partial charge in [-0.2, -0.15) is 0 Å². The third-order valence-electron chi connectivity index (χ3n) is 1.37. The van der Waals surface area contributed by atoms with Crippen molar-refractivity contribution in [3.63, 3.8) is 0 Å². The quantitative estimate of drug-likeness (QED) is 0.537. The van der Waals surface area contributed by atoms with E-state index in [1.807, 2.05) is 0 Å². The first kappa shape index (κ1) is 9.74. The number of hydrogen-bond donors (Lipinski definition) is 0. The highest BCUT2D eigenvalue weighted by molar-refractivity contribution is 6.31. The van der Waals surface area contributed by atoms with Gasteiger partial charge in [0, 0.05) is 12.3 Å². The first-order valence-electron chi connectivity index (χ1n) is 3.60. The van der Waals surface area contributed by atoms with Gasteiger partial charge in [-0.25, -0.2) is 4.79 Å². The van der Waals surface area contributed by atoms with Crippen molar-refractivity contribution >= 4 is 23.6 Å². The molecular weight excluding hydrogens is 190 g/mol. The largest absolute Gasteiger partial charge is 0.466 e. The zero-order valence-corrected chi connectivity index (χ0v) is 7.78. The summed E-state index contributed by atoms with van der Waals surface area (Å²) in [6.07, 6.45) is 4.38. The summed E-state index contributed by atoms with van der Waals surface area (Å²) in [5.74, 6) is -0.429.